The minimum absolute atomic E-state index is 0.135. The summed E-state index contributed by atoms with van der Waals surface area (Å²) >= 11 is 12.1. The predicted molar refractivity (Wildman–Crippen MR) is 125 cm³/mol. The predicted octanol–water partition coefficient (Wildman–Crippen LogP) is 5.14. The molecule has 0 atom stereocenters. The maximum atomic E-state index is 12.7. The molecule has 0 aliphatic rings. The van der Waals surface area contributed by atoms with Crippen molar-refractivity contribution < 1.29 is 9.90 Å². The van der Waals surface area contributed by atoms with E-state index in [9.17, 15) is 9.90 Å². The molecule has 7 nitrogen and oxygen atoms in total. The third-order valence-corrected chi connectivity index (χ3v) is 5.71. The van der Waals surface area contributed by atoms with Crippen LogP contribution in [0.5, 0.6) is 5.75 Å². The van der Waals surface area contributed by atoms with Crippen LogP contribution in [0.1, 0.15) is 17.0 Å². The summed E-state index contributed by atoms with van der Waals surface area (Å²) in [5, 5.41) is 17.9. The van der Waals surface area contributed by atoms with Crippen LogP contribution >= 0.6 is 23.2 Å². The lowest BCUT2D eigenvalue weighted by molar-refractivity contribution is -0.115. The molecule has 0 aliphatic carbocycles. The molecule has 2 heterocycles. The number of carbonyl (C=O) groups is 1. The highest BCUT2D eigenvalue weighted by molar-refractivity contribution is 6.42. The van der Waals surface area contributed by atoms with Crippen molar-refractivity contribution in [3.8, 4) is 22.8 Å². The van der Waals surface area contributed by atoms with E-state index in [0.29, 0.717) is 27.1 Å². The van der Waals surface area contributed by atoms with E-state index in [0.717, 1.165) is 22.6 Å². The summed E-state index contributed by atoms with van der Waals surface area (Å²) in [4.78, 5) is 21.2. The van der Waals surface area contributed by atoms with E-state index >= 15 is 0 Å². The van der Waals surface area contributed by atoms with Crippen molar-refractivity contribution in [2.75, 3.05) is 5.32 Å². The van der Waals surface area contributed by atoms with E-state index in [2.05, 4.69) is 20.4 Å². The molecule has 0 bridgehead atoms. The molecule has 9 heteroatoms. The van der Waals surface area contributed by atoms with Crippen LogP contribution in [0.4, 0.5) is 5.69 Å². The second-order valence-corrected chi connectivity index (χ2v) is 8.04. The van der Waals surface area contributed by atoms with Crippen LogP contribution < -0.4 is 5.32 Å². The summed E-state index contributed by atoms with van der Waals surface area (Å²) in [7, 11) is 0. The number of aromatic hydroxyl groups is 1. The molecule has 4 rings (SSSR count). The summed E-state index contributed by atoms with van der Waals surface area (Å²) in [5.74, 6) is 0.378. The molecule has 32 heavy (non-hydrogen) atoms. The van der Waals surface area contributed by atoms with Gasteiger partial charge in [0, 0.05) is 16.8 Å². The number of phenolic OH excluding ortho intramolecular Hbond substituents is 1. The number of aromatic nitrogens is 4. The Balaban J connectivity index is 1.48. The van der Waals surface area contributed by atoms with Crippen molar-refractivity contribution in [2.45, 2.75) is 20.3 Å². The Morgan fingerprint density at radius 2 is 1.81 bits per heavy atom. The highest BCUT2D eigenvalue weighted by atomic mass is 35.5. The normalized spacial score (nSPS) is 10.9. The van der Waals surface area contributed by atoms with E-state index in [-0.39, 0.29) is 18.1 Å². The van der Waals surface area contributed by atoms with Gasteiger partial charge in [0.1, 0.15) is 5.75 Å². The molecule has 0 fully saturated rings. The highest BCUT2D eigenvalue weighted by Gasteiger charge is 2.17. The molecule has 0 saturated heterocycles. The quantitative estimate of drug-likeness (QED) is 0.423. The molecule has 2 aromatic heterocycles. The number of benzene rings is 2. The largest absolute Gasteiger partial charge is 0.508 e. The van der Waals surface area contributed by atoms with Gasteiger partial charge in [0.05, 0.1) is 45.9 Å². The smallest absolute Gasteiger partial charge is 0.229 e. The van der Waals surface area contributed by atoms with E-state index < -0.39 is 0 Å². The van der Waals surface area contributed by atoms with Gasteiger partial charge in [-0.1, -0.05) is 35.3 Å². The lowest BCUT2D eigenvalue weighted by Crippen LogP contribution is -2.15. The maximum Gasteiger partial charge on any atom is 0.229 e. The number of hydrogen-bond acceptors (Lipinski definition) is 5. The van der Waals surface area contributed by atoms with E-state index in [1.807, 2.05) is 19.9 Å². The Bertz CT molecular complexity index is 1300. The Hall–Kier alpha value is -3.42. The van der Waals surface area contributed by atoms with Gasteiger partial charge in [-0.15, -0.1) is 0 Å². The van der Waals surface area contributed by atoms with Gasteiger partial charge in [-0.05, 0) is 44.2 Å². The summed E-state index contributed by atoms with van der Waals surface area (Å²) < 4.78 is 1.74. The Morgan fingerprint density at radius 3 is 2.50 bits per heavy atom. The number of amides is 1. The first-order valence-corrected chi connectivity index (χ1v) is 10.5. The fourth-order valence-electron chi connectivity index (χ4n) is 3.35. The monoisotopic (exact) mass is 467 g/mol. The van der Waals surface area contributed by atoms with Gasteiger partial charge in [-0.3, -0.25) is 4.79 Å². The number of anilines is 1. The van der Waals surface area contributed by atoms with E-state index in [1.165, 1.54) is 12.4 Å². The van der Waals surface area contributed by atoms with Gasteiger partial charge < -0.3 is 10.4 Å². The molecule has 4 aromatic rings. The highest BCUT2D eigenvalue weighted by Crippen LogP contribution is 2.26. The lowest BCUT2D eigenvalue weighted by Gasteiger charge is -2.08. The summed E-state index contributed by atoms with van der Waals surface area (Å²) in [6.45, 7) is 3.76. The molecule has 2 aromatic carbocycles. The minimum atomic E-state index is -0.210. The molecule has 162 valence electrons. The number of phenols is 1. The Morgan fingerprint density at radius 1 is 1.06 bits per heavy atom. The van der Waals surface area contributed by atoms with Crippen LogP contribution in [0.2, 0.25) is 10.0 Å². The molecular weight excluding hydrogens is 449 g/mol. The zero-order chi connectivity index (χ0) is 22.8. The van der Waals surface area contributed by atoms with Crippen LogP contribution in [0.15, 0.2) is 54.9 Å². The molecule has 0 spiro atoms. The number of nitrogens with zero attached hydrogens (tertiary/aromatic N) is 4. The summed E-state index contributed by atoms with van der Waals surface area (Å²) in [5.41, 5.74) is 4.34. The third kappa shape index (κ3) is 4.59. The van der Waals surface area contributed by atoms with Gasteiger partial charge in [0.2, 0.25) is 5.91 Å². The van der Waals surface area contributed by atoms with Crippen LogP contribution in [-0.4, -0.2) is 30.8 Å². The average Bonchev–Trinajstić information content (AvgIpc) is 3.04. The molecular formula is C23H19Cl2N5O2. The number of rotatable bonds is 5. The van der Waals surface area contributed by atoms with Crippen molar-refractivity contribution in [1.29, 1.82) is 0 Å². The zero-order valence-corrected chi connectivity index (χ0v) is 18.8. The van der Waals surface area contributed by atoms with Gasteiger partial charge in [0.25, 0.3) is 0 Å². The molecule has 0 aliphatic heterocycles. The maximum absolute atomic E-state index is 12.7. The topological polar surface area (TPSA) is 92.9 Å². The van der Waals surface area contributed by atoms with E-state index in [4.69, 9.17) is 23.2 Å². The van der Waals surface area contributed by atoms with Gasteiger partial charge in [-0.2, -0.15) is 5.10 Å². The van der Waals surface area contributed by atoms with Crippen molar-refractivity contribution in [3.63, 3.8) is 0 Å². The third-order valence-electron chi connectivity index (χ3n) is 4.97. The first-order chi connectivity index (χ1) is 15.3. The van der Waals surface area contributed by atoms with Crippen molar-refractivity contribution in [2.24, 2.45) is 0 Å². The van der Waals surface area contributed by atoms with Crippen LogP contribution in [-0.2, 0) is 11.2 Å². The summed E-state index contributed by atoms with van der Waals surface area (Å²) in [6.07, 6.45) is 3.21. The van der Waals surface area contributed by atoms with Crippen molar-refractivity contribution in [3.05, 3.63) is 81.9 Å². The summed E-state index contributed by atoms with van der Waals surface area (Å²) in [6, 6.07) is 11.9. The number of halogens is 2. The number of carbonyl (C=O) groups excluding carboxylic acids is 1. The number of aryl methyl sites for hydroxylation is 1. The van der Waals surface area contributed by atoms with Crippen LogP contribution in [0.25, 0.3) is 17.1 Å². The van der Waals surface area contributed by atoms with Gasteiger partial charge >= 0.3 is 0 Å². The molecule has 2 N–H and O–H groups in total. The van der Waals surface area contributed by atoms with Crippen molar-refractivity contribution >= 4 is 34.8 Å². The SMILES string of the molecule is Cc1nn(-c2ccc(Cl)c(Cl)c2)c(C)c1CC(=O)Nc1cnc(-c2cccc(O)c2)nc1. The number of nitrogens with one attached hydrogen (secondary N) is 1. The van der Waals surface area contributed by atoms with E-state index in [1.54, 1.807) is 41.1 Å². The first-order valence-electron chi connectivity index (χ1n) is 9.73. The lowest BCUT2D eigenvalue weighted by atomic mass is 10.1. The fourth-order valence-corrected chi connectivity index (χ4v) is 3.64. The van der Waals surface area contributed by atoms with Crippen LogP contribution in [0, 0.1) is 13.8 Å². The zero-order valence-electron chi connectivity index (χ0n) is 17.3. The van der Waals surface area contributed by atoms with Crippen molar-refractivity contribution in [1.82, 2.24) is 19.7 Å². The van der Waals surface area contributed by atoms with Gasteiger partial charge in [0.15, 0.2) is 5.82 Å². The number of hydrogen-bond donors (Lipinski definition) is 2. The Labute approximate surface area is 194 Å². The molecule has 0 saturated carbocycles. The molecule has 0 radical (unpaired) electrons. The van der Waals surface area contributed by atoms with Crippen LogP contribution in [0.3, 0.4) is 0 Å². The molecule has 1 amide bonds. The molecule has 0 unspecified atom stereocenters. The average molecular weight is 468 g/mol. The fraction of sp³-hybridized carbons (Fsp3) is 0.130. The Kier molecular flexibility index (Phi) is 6.12. The standard InChI is InChI=1S/C23H19Cl2N5O2/c1-13-19(14(2)30(29-13)17-6-7-20(24)21(25)9-17)10-22(32)28-16-11-26-23(27-12-16)15-4-3-5-18(31)8-15/h3-9,11-12,31H,10H2,1-2H3,(H,28,32). The van der Waals surface area contributed by atoms with Gasteiger partial charge in [-0.25, -0.2) is 14.6 Å². The first kappa shape index (κ1) is 21.8. The second-order valence-electron chi connectivity index (χ2n) is 7.23. The minimum Gasteiger partial charge on any atom is -0.508 e. The second kappa shape index (κ2) is 8.98.